The fraction of sp³-hybridized carbons (Fsp3) is 0.692. The molecule has 2 aliphatic rings. The van der Waals surface area contributed by atoms with E-state index >= 15 is 0 Å². The number of amides is 1. The largest absolute Gasteiger partial charge is 0.360 e. The second-order valence-corrected chi connectivity index (χ2v) is 4.51. The van der Waals surface area contributed by atoms with Crippen LogP contribution in [-0.4, -0.2) is 24.2 Å². The molecule has 1 saturated carbocycles. The van der Waals surface area contributed by atoms with E-state index in [4.69, 9.17) is 4.52 Å². The summed E-state index contributed by atoms with van der Waals surface area (Å²) in [5.74, 6) is 1.45. The molecule has 5 heteroatoms. The monoisotopic (exact) mass is 251 g/mol. The van der Waals surface area contributed by atoms with Crippen LogP contribution >= 0.6 is 0 Å². The first-order valence-corrected chi connectivity index (χ1v) is 6.81. The zero-order valence-corrected chi connectivity index (χ0v) is 11.1. The van der Waals surface area contributed by atoms with Gasteiger partial charge >= 0.3 is 0 Å². The lowest BCUT2D eigenvalue weighted by molar-refractivity contribution is 0.0942. The summed E-state index contributed by atoms with van der Waals surface area (Å²) in [6.45, 7) is 6.35. The highest BCUT2D eigenvalue weighted by Gasteiger charge is 2.26. The van der Waals surface area contributed by atoms with Crippen LogP contribution in [0, 0.1) is 5.92 Å². The molecule has 0 saturated heterocycles. The van der Waals surface area contributed by atoms with Crippen molar-refractivity contribution in [2.75, 3.05) is 13.1 Å². The topological polar surface area (TPSA) is 67.2 Å². The standard InChI is InChI=1S/C11H15N3O2.C2H6/c15-11(13-5-7-1-2-7)10-8-6-12-4-3-9(8)16-14-10;1-2/h7,12H,1-6H2,(H,13,15);1-2H3. The predicted molar refractivity (Wildman–Crippen MR) is 68.3 cm³/mol. The highest BCUT2D eigenvalue weighted by molar-refractivity contribution is 5.93. The molecule has 1 aliphatic heterocycles. The summed E-state index contributed by atoms with van der Waals surface area (Å²) in [4.78, 5) is 11.8. The van der Waals surface area contributed by atoms with Gasteiger partial charge in [0, 0.05) is 31.6 Å². The minimum absolute atomic E-state index is 0.0967. The molecule has 0 radical (unpaired) electrons. The summed E-state index contributed by atoms with van der Waals surface area (Å²) < 4.78 is 5.18. The molecule has 0 aromatic carbocycles. The van der Waals surface area contributed by atoms with Gasteiger partial charge in [-0.15, -0.1) is 0 Å². The van der Waals surface area contributed by atoms with E-state index in [1.54, 1.807) is 0 Å². The third-order valence-electron chi connectivity index (χ3n) is 3.16. The third kappa shape index (κ3) is 2.90. The number of fused-ring (bicyclic) bond motifs is 1. The Morgan fingerprint density at radius 2 is 2.28 bits per heavy atom. The van der Waals surface area contributed by atoms with Crippen LogP contribution in [0.5, 0.6) is 0 Å². The molecule has 2 N–H and O–H groups in total. The van der Waals surface area contributed by atoms with Crippen molar-refractivity contribution < 1.29 is 9.32 Å². The molecule has 3 rings (SSSR count). The summed E-state index contributed by atoms with van der Waals surface area (Å²) >= 11 is 0. The molecule has 1 aromatic heterocycles. The molecule has 2 heterocycles. The van der Waals surface area contributed by atoms with Crippen molar-refractivity contribution in [1.29, 1.82) is 0 Å². The summed E-state index contributed by atoms with van der Waals surface area (Å²) in [6, 6.07) is 0. The number of rotatable bonds is 3. The molecule has 0 spiro atoms. The van der Waals surface area contributed by atoms with Crippen LogP contribution in [0.2, 0.25) is 0 Å². The van der Waals surface area contributed by atoms with Gasteiger partial charge in [0.1, 0.15) is 5.76 Å². The van der Waals surface area contributed by atoms with Crippen LogP contribution in [0.25, 0.3) is 0 Å². The fourth-order valence-corrected chi connectivity index (χ4v) is 1.96. The maximum atomic E-state index is 11.8. The molecule has 1 aromatic rings. The highest BCUT2D eigenvalue weighted by atomic mass is 16.5. The van der Waals surface area contributed by atoms with Crippen molar-refractivity contribution in [3.63, 3.8) is 0 Å². The van der Waals surface area contributed by atoms with Crippen molar-refractivity contribution in [1.82, 2.24) is 15.8 Å². The predicted octanol–water partition coefficient (Wildman–Crippen LogP) is 1.49. The van der Waals surface area contributed by atoms with Gasteiger partial charge < -0.3 is 15.2 Å². The van der Waals surface area contributed by atoms with E-state index in [1.165, 1.54) is 12.8 Å². The first-order valence-electron chi connectivity index (χ1n) is 6.81. The molecule has 0 unspecified atom stereocenters. The van der Waals surface area contributed by atoms with Gasteiger partial charge in [0.2, 0.25) is 0 Å². The summed E-state index contributed by atoms with van der Waals surface area (Å²) in [6.07, 6.45) is 3.29. The SMILES string of the molecule is CC.O=C(NCC1CC1)c1noc2c1CNCC2. The van der Waals surface area contributed by atoms with E-state index in [0.717, 1.165) is 30.8 Å². The Balaban J connectivity index is 0.000000574. The van der Waals surface area contributed by atoms with E-state index in [9.17, 15) is 4.79 Å². The number of nitrogens with zero attached hydrogens (tertiary/aromatic N) is 1. The van der Waals surface area contributed by atoms with Crippen molar-refractivity contribution >= 4 is 5.91 Å². The van der Waals surface area contributed by atoms with Crippen LogP contribution in [0.3, 0.4) is 0 Å². The zero-order valence-electron chi connectivity index (χ0n) is 11.1. The third-order valence-corrected chi connectivity index (χ3v) is 3.16. The van der Waals surface area contributed by atoms with Gasteiger partial charge in [-0.1, -0.05) is 19.0 Å². The minimum Gasteiger partial charge on any atom is -0.360 e. The minimum atomic E-state index is -0.0967. The second kappa shape index (κ2) is 6.00. The van der Waals surface area contributed by atoms with Crippen molar-refractivity contribution in [2.45, 2.75) is 39.7 Å². The molecule has 0 bridgehead atoms. The lowest BCUT2D eigenvalue weighted by Gasteiger charge is -2.10. The van der Waals surface area contributed by atoms with E-state index in [-0.39, 0.29) is 5.91 Å². The van der Waals surface area contributed by atoms with Crippen molar-refractivity contribution in [2.24, 2.45) is 5.92 Å². The molecule has 1 amide bonds. The van der Waals surface area contributed by atoms with Gasteiger partial charge in [0.05, 0.1) is 0 Å². The first-order chi connectivity index (χ1) is 8.84. The van der Waals surface area contributed by atoms with Crippen LogP contribution in [0.15, 0.2) is 4.52 Å². The molecule has 1 aliphatic carbocycles. The van der Waals surface area contributed by atoms with Gasteiger partial charge in [-0.3, -0.25) is 4.79 Å². The number of nitrogens with one attached hydrogen (secondary N) is 2. The summed E-state index contributed by atoms with van der Waals surface area (Å²) in [5.41, 5.74) is 1.39. The highest BCUT2D eigenvalue weighted by Crippen LogP contribution is 2.27. The van der Waals surface area contributed by atoms with Crippen LogP contribution in [0.4, 0.5) is 0 Å². The molecule has 18 heavy (non-hydrogen) atoms. The maximum Gasteiger partial charge on any atom is 0.273 e. The number of carbonyl (C=O) groups excluding carboxylic acids is 1. The number of carbonyl (C=O) groups is 1. The Morgan fingerprint density at radius 1 is 1.50 bits per heavy atom. The second-order valence-electron chi connectivity index (χ2n) is 4.51. The summed E-state index contributed by atoms with van der Waals surface area (Å²) in [7, 11) is 0. The normalized spacial score (nSPS) is 17.4. The number of hydrogen-bond donors (Lipinski definition) is 2. The van der Waals surface area contributed by atoms with Crippen molar-refractivity contribution in [3.05, 3.63) is 17.0 Å². The molecule has 100 valence electrons. The van der Waals surface area contributed by atoms with E-state index in [0.29, 0.717) is 18.2 Å². The van der Waals surface area contributed by atoms with Gasteiger partial charge in [-0.2, -0.15) is 0 Å². The molecule has 0 atom stereocenters. The fourth-order valence-electron chi connectivity index (χ4n) is 1.96. The Morgan fingerprint density at radius 3 is 3.00 bits per heavy atom. The first kappa shape index (κ1) is 13.1. The number of aromatic nitrogens is 1. The Hall–Kier alpha value is -1.36. The van der Waals surface area contributed by atoms with Gasteiger partial charge in [-0.05, 0) is 18.8 Å². The van der Waals surface area contributed by atoms with E-state index < -0.39 is 0 Å². The zero-order chi connectivity index (χ0) is 13.0. The van der Waals surface area contributed by atoms with Gasteiger partial charge in [0.15, 0.2) is 5.69 Å². The molecular formula is C13H21N3O2. The van der Waals surface area contributed by atoms with E-state index in [1.807, 2.05) is 13.8 Å². The van der Waals surface area contributed by atoms with E-state index in [2.05, 4.69) is 15.8 Å². The Bertz CT molecular complexity index is 410. The average molecular weight is 251 g/mol. The number of hydrogen-bond acceptors (Lipinski definition) is 4. The lowest BCUT2D eigenvalue weighted by atomic mass is 10.1. The average Bonchev–Trinajstić information content (AvgIpc) is 3.16. The lowest BCUT2D eigenvalue weighted by Crippen LogP contribution is -2.29. The molecule has 1 fully saturated rings. The Kier molecular flexibility index (Phi) is 4.36. The smallest absolute Gasteiger partial charge is 0.273 e. The van der Waals surface area contributed by atoms with Gasteiger partial charge in [-0.25, -0.2) is 0 Å². The van der Waals surface area contributed by atoms with Crippen LogP contribution < -0.4 is 10.6 Å². The van der Waals surface area contributed by atoms with Crippen LogP contribution in [-0.2, 0) is 13.0 Å². The quantitative estimate of drug-likeness (QED) is 0.854. The molecule has 5 nitrogen and oxygen atoms in total. The van der Waals surface area contributed by atoms with Gasteiger partial charge in [0.25, 0.3) is 5.91 Å². The Labute approximate surface area is 107 Å². The molecular weight excluding hydrogens is 230 g/mol. The van der Waals surface area contributed by atoms with Crippen LogP contribution in [0.1, 0.15) is 48.5 Å². The van der Waals surface area contributed by atoms with Crippen molar-refractivity contribution in [3.8, 4) is 0 Å². The summed E-state index contributed by atoms with van der Waals surface area (Å²) in [5, 5.41) is 10.00. The maximum absolute atomic E-state index is 11.8.